The predicted octanol–water partition coefficient (Wildman–Crippen LogP) is 3.37. The molecular weight excluding hydrogens is 333 g/mol. The van der Waals surface area contributed by atoms with Gasteiger partial charge in [0.25, 0.3) is 11.1 Å². The molecule has 1 heterocycles. The fraction of sp³-hybridized carbons (Fsp3) is 0. The van der Waals surface area contributed by atoms with E-state index in [2.05, 4.69) is 5.32 Å². The minimum atomic E-state index is -0.600. The summed E-state index contributed by atoms with van der Waals surface area (Å²) in [6.45, 7) is 0. The van der Waals surface area contributed by atoms with Gasteiger partial charge in [0.15, 0.2) is 0 Å². The third-order valence-electron chi connectivity index (χ3n) is 3.11. The number of rotatable bonds is 3. The summed E-state index contributed by atoms with van der Waals surface area (Å²) < 4.78 is 18.0. The van der Waals surface area contributed by atoms with Crippen LogP contribution < -0.4 is 10.1 Å². The fourth-order valence-corrected chi connectivity index (χ4v) is 2.64. The van der Waals surface area contributed by atoms with Crippen LogP contribution in [0.1, 0.15) is 15.9 Å². The molecule has 1 N–H and O–H groups in total. The van der Waals surface area contributed by atoms with Crippen LogP contribution in [0.4, 0.5) is 9.18 Å². The molecule has 0 aromatic heterocycles. The number of carbonyl (C=O) groups excluding carboxylic acids is 3. The second kappa shape index (κ2) is 6.67. The number of amides is 2. The van der Waals surface area contributed by atoms with Crippen molar-refractivity contribution in [2.75, 3.05) is 0 Å². The maximum atomic E-state index is 12.8. The van der Waals surface area contributed by atoms with Crippen molar-refractivity contribution in [3.8, 4) is 5.75 Å². The molecular formula is C17H10FNO4S. The Balaban J connectivity index is 1.69. The Hall–Kier alpha value is -2.93. The fourth-order valence-electron chi connectivity index (χ4n) is 1.96. The molecule has 1 saturated heterocycles. The van der Waals surface area contributed by atoms with Crippen LogP contribution in [0.5, 0.6) is 5.75 Å². The van der Waals surface area contributed by atoms with E-state index in [9.17, 15) is 18.8 Å². The summed E-state index contributed by atoms with van der Waals surface area (Å²) in [5, 5.41) is 1.76. The molecule has 3 rings (SSSR count). The summed E-state index contributed by atoms with van der Waals surface area (Å²) >= 11 is 0.827. The summed E-state index contributed by atoms with van der Waals surface area (Å²) in [7, 11) is 0. The van der Waals surface area contributed by atoms with Gasteiger partial charge >= 0.3 is 5.97 Å². The Kier molecular flexibility index (Phi) is 4.43. The van der Waals surface area contributed by atoms with Crippen molar-refractivity contribution in [2.45, 2.75) is 0 Å². The van der Waals surface area contributed by atoms with Gasteiger partial charge in [0.1, 0.15) is 11.6 Å². The van der Waals surface area contributed by atoms with Crippen LogP contribution in [0.3, 0.4) is 0 Å². The Bertz CT molecular complexity index is 844. The Labute approximate surface area is 140 Å². The van der Waals surface area contributed by atoms with Crippen LogP contribution in [-0.4, -0.2) is 17.1 Å². The number of hydrogen-bond acceptors (Lipinski definition) is 5. The molecule has 0 spiro atoms. The molecule has 0 radical (unpaired) electrons. The molecule has 0 aliphatic carbocycles. The van der Waals surface area contributed by atoms with E-state index in [1.165, 1.54) is 24.3 Å². The summed E-state index contributed by atoms with van der Waals surface area (Å²) in [6.07, 6.45) is 1.57. The highest BCUT2D eigenvalue weighted by Crippen LogP contribution is 2.26. The Morgan fingerprint density at radius 1 is 1.04 bits per heavy atom. The molecule has 120 valence electrons. The molecule has 0 bridgehead atoms. The molecule has 2 aromatic rings. The van der Waals surface area contributed by atoms with Crippen molar-refractivity contribution in [3.05, 3.63) is 70.4 Å². The molecule has 2 aromatic carbocycles. The number of carbonyl (C=O) groups is 3. The minimum Gasteiger partial charge on any atom is -0.423 e. The molecule has 1 fully saturated rings. The van der Waals surface area contributed by atoms with Crippen LogP contribution in [0, 0.1) is 5.82 Å². The minimum absolute atomic E-state index is 0.236. The first-order valence-electron chi connectivity index (χ1n) is 6.84. The highest BCUT2D eigenvalue weighted by molar-refractivity contribution is 8.18. The van der Waals surface area contributed by atoms with E-state index in [0.29, 0.717) is 16.2 Å². The lowest BCUT2D eigenvalue weighted by Gasteiger charge is -2.04. The normalized spacial score (nSPS) is 15.5. The number of imide groups is 1. The first kappa shape index (κ1) is 15.9. The molecule has 7 heteroatoms. The number of esters is 1. The topological polar surface area (TPSA) is 72.5 Å². The Morgan fingerprint density at radius 3 is 2.29 bits per heavy atom. The number of halogens is 1. The van der Waals surface area contributed by atoms with Crippen LogP contribution >= 0.6 is 11.8 Å². The van der Waals surface area contributed by atoms with Gasteiger partial charge in [-0.1, -0.05) is 12.1 Å². The van der Waals surface area contributed by atoms with Gasteiger partial charge in [-0.2, -0.15) is 0 Å². The van der Waals surface area contributed by atoms with Crippen LogP contribution in [-0.2, 0) is 4.79 Å². The Morgan fingerprint density at radius 2 is 1.71 bits per heavy atom. The monoisotopic (exact) mass is 343 g/mol. The van der Waals surface area contributed by atoms with Gasteiger partial charge < -0.3 is 4.74 Å². The van der Waals surface area contributed by atoms with Crippen LogP contribution in [0.25, 0.3) is 6.08 Å². The third-order valence-corrected chi connectivity index (χ3v) is 3.92. The van der Waals surface area contributed by atoms with E-state index in [1.54, 1.807) is 30.3 Å². The molecule has 0 unspecified atom stereocenters. The van der Waals surface area contributed by atoms with Crippen molar-refractivity contribution in [1.29, 1.82) is 0 Å². The summed E-state index contributed by atoms with van der Waals surface area (Å²) in [5.41, 5.74) is 0.920. The second-order valence-electron chi connectivity index (χ2n) is 4.82. The first-order chi connectivity index (χ1) is 11.5. The lowest BCUT2D eigenvalue weighted by Crippen LogP contribution is -2.17. The molecule has 0 saturated carbocycles. The van der Waals surface area contributed by atoms with Crippen LogP contribution in [0.15, 0.2) is 53.4 Å². The largest absolute Gasteiger partial charge is 0.423 e. The average molecular weight is 343 g/mol. The predicted molar refractivity (Wildman–Crippen MR) is 86.9 cm³/mol. The number of ether oxygens (including phenoxy) is 1. The second-order valence-corrected chi connectivity index (χ2v) is 5.83. The lowest BCUT2D eigenvalue weighted by molar-refractivity contribution is -0.115. The van der Waals surface area contributed by atoms with Gasteiger partial charge in [-0.25, -0.2) is 9.18 Å². The van der Waals surface area contributed by atoms with E-state index >= 15 is 0 Å². The van der Waals surface area contributed by atoms with E-state index in [0.717, 1.165) is 11.8 Å². The number of nitrogens with one attached hydrogen (secondary N) is 1. The van der Waals surface area contributed by atoms with Crippen molar-refractivity contribution in [2.24, 2.45) is 0 Å². The zero-order chi connectivity index (χ0) is 17.1. The van der Waals surface area contributed by atoms with E-state index in [1.807, 2.05) is 0 Å². The summed E-state index contributed by atoms with van der Waals surface area (Å²) in [5.74, 6) is -1.16. The maximum absolute atomic E-state index is 12.8. The number of hydrogen-bond donors (Lipinski definition) is 1. The van der Waals surface area contributed by atoms with Crippen molar-refractivity contribution >= 4 is 35.0 Å². The van der Waals surface area contributed by atoms with Gasteiger partial charge in [0.05, 0.1) is 10.5 Å². The van der Waals surface area contributed by atoms with Crippen LogP contribution in [0.2, 0.25) is 0 Å². The first-order valence-corrected chi connectivity index (χ1v) is 7.65. The van der Waals surface area contributed by atoms with Gasteiger partial charge in [-0.15, -0.1) is 0 Å². The summed E-state index contributed by atoms with van der Waals surface area (Å²) in [6, 6.07) is 11.5. The van der Waals surface area contributed by atoms with E-state index in [-0.39, 0.29) is 5.56 Å². The molecule has 5 nitrogen and oxygen atoms in total. The maximum Gasteiger partial charge on any atom is 0.343 e. The zero-order valence-corrected chi connectivity index (χ0v) is 12.9. The highest BCUT2D eigenvalue weighted by Gasteiger charge is 2.24. The van der Waals surface area contributed by atoms with E-state index in [4.69, 9.17) is 4.74 Å². The van der Waals surface area contributed by atoms with E-state index < -0.39 is 22.9 Å². The average Bonchev–Trinajstić information content (AvgIpc) is 2.87. The van der Waals surface area contributed by atoms with Crippen molar-refractivity contribution < 1.29 is 23.5 Å². The molecule has 0 atom stereocenters. The van der Waals surface area contributed by atoms with Crippen molar-refractivity contribution in [1.82, 2.24) is 5.32 Å². The quantitative estimate of drug-likeness (QED) is 0.525. The standard InChI is InChI=1S/C17H10FNO4S/c18-12-5-3-11(4-6-12)16(21)23-13-7-1-10(2-8-13)9-14-15(20)19-17(22)24-14/h1-9H,(H,19,20,22)/b14-9+. The zero-order valence-electron chi connectivity index (χ0n) is 12.1. The smallest absolute Gasteiger partial charge is 0.343 e. The number of thioether (sulfide) groups is 1. The molecule has 1 aliphatic rings. The molecule has 2 amide bonds. The van der Waals surface area contributed by atoms with Gasteiger partial charge in [-0.05, 0) is 59.8 Å². The van der Waals surface area contributed by atoms with Crippen molar-refractivity contribution in [3.63, 3.8) is 0 Å². The van der Waals surface area contributed by atoms with Gasteiger partial charge in [-0.3, -0.25) is 14.9 Å². The highest BCUT2D eigenvalue weighted by atomic mass is 32.2. The molecule has 24 heavy (non-hydrogen) atoms. The number of benzene rings is 2. The van der Waals surface area contributed by atoms with Gasteiger partial charge in [0.2, 0.25) is 0 Å². The third kappa shape index (κ3) is 3.69. The lowest BCUT2D eigenvalue weighted by atomic mass is 10.2. The molecule has 1 aliphatic heterocycles. The summed E-state index contributed by atoms with van der Waals surface area (Å²) in [4.78, 5) is 34.8. The SMILES string of the molecule is O=C1NC(=O)/C(=C\c2ccc(OC(=O)c3ccc(F)cc3)cc2)S1. The van der Waals surface area contributed by atoms with Gasteiger partial charge in [0, 0.05) is 0 Å².